The van der Waals surface area contributed by atoms with Gasteiger partial charge >= 0.3 is 7.12 Å². The molecule has 0 unspecified atom stereocenters. The van der Waals surface area contributed by atoms with Crippen LogP contribution in [0.2, 0.25) is 0 Å². The molecular formula is C18H17BO2S. The SMILES string of the molecule is COB(OC)c1scc(-c2ccccc2)c1-c1ccccc1. The monoisotopic (exact) mass is 308 g/mol. The van der Waals surface area contributed by atoms with E-state index in [1.54, 1.807) is 25.6 Å². The standard InChI is InChI=1S/C18H17BO2S/c1-20-19(21-2)18-17(15-11-7-4-8-12-15)16(13-22-18)14-9-5-3-6-10-14/h3-13H,1-2H3. The van der Waals surface area contributed by atoms with E-state index in [0.717, 1.165) is 4.78 Å². The maximum Gasteiger partial charge on any atom is 0.504 e. The second-order valence-corrected chi connectivity index (χ2v) is 5.84. The van der Waals surface area contributed by atoms with E-state index in [4.69, 9.17) is 9.31 Å². The summed E-state index contributed by atoms with van der Waals surface area (Å²) in [4.78, 5) is 0. The first-order chi connectivity index (χ1) is 10.8. The van der Waals surface area contributed by atoms with Crippen LogP contribution in [0.25, 0.3) is 22.3 Å². The Bertz CT molecular complexity index is 721. The summed E-state index contributed by atoms with van der Waals surface area (Å²) < 4.78 is 12.1. The highest BCUT2D eigenvalue weighted by Crippen LogP contribution is 2.34. The minimum Gasteiger partial charge on any atom is -0.410 e. The molecule has 0 saturated carbocycles. The van der Waals surface area contributed by atoms with Crippen molar-refractivity contribution in [3.63, 3.8) is 0 Å². The van der Waals surface area contributed by atoms with Gasteiger partial charge in [0, 0.05) is 19.0 Å². The Hall–Kier alpha value is -1.88. The van der Waals surface area contributed by atoms with Crippen LogP contribution in [0, 0.1) is 0 Å². The van der Waals surface area contributed by atoms with E-state index in [1.807, 2.05) is 12.1 Å². The summed E-state index contributed by atoms with van der Waals surface area (Å²) in [5, 5.41) is 2.18. The van der Waals surface area contributed by atoms with Crippen molar-refractivity contribution in [3.05, 3.63) is 66.0 Å². The smallest absolute Gasteiger partial charge is 0.410 e. The Morgan fingerprint density at radius 1 is 0.773 bits per heavy atom. The summed E-state index contributed by atoms with van der Waals surface area (Å²) in [5.41, 5.74) is 4.78. The van der Waals surface area contributed by atoms with Crippen LogP contribution in [-0.2, 0) is 9.31 Å². The van der Waals surface area contributed by atoms with Gasteiger partial charge in [0.15, 0.2) is 0 Å². The van der Waals surface area contributed by atoms with E-state index in [0.29, 0.717) is 0 Å². The van der Waals surface area contributed by atoms with Crippen LogP contribution in [0.3, 0.4) is 0 Å². The first kappa shape index (κ1) is 15.0. The number of hydrogen-bond acceptors (Lipinski definition) is 3. The molecule has 0 fully saturated rings. The van der Waals surface area contributed by atoms with Crippen LogP contribution in [0.5, 0.6) is 0 Å². The van der Waals surface area contributed by atoms with Gasteiger partial charge in [-0.05, 0) is 27.6 Å². The molecule has 2 nitrogen and oxygen atoms in total. The average molecular weight is 308 g/mol. The molecule has 0 radical (unpaired) electrons. The molecule has 4 heteroatoms. The Balaban J connectivity index is 2.20. The van der Waals surface area contributed by atoms with Gasteiger partial charge in [0.05, 0.1) is 0 Å². The molecular weight excluding hydrogens is 291 g/mol. The van der Waals surface area contributed by atoms with E-state index in [9.17, 15) is 0 Å². The maximum atomic E-state index is 5.49. The van der Waals surface area contributed by atoms with Crippen LogP contribution < -0.4 is 4.78 Å². The lowest BCUT2D eigenvalue weighted by atomic mass is 9.80. The van der Waals surface area contributed by atoms with Gasteiger partial charge < -0.3 is 9.31 Å². The van der Waals surface area contributed by atoms with Crippen molar-refractivity contribution in [2.75, 3.05) is 14.2 Å². The average Bonchev–Trinajstić information content (AvgIpc) is 3.02. The first-order valence-corrected chi connectivity index (χ1v) is 8.01. The van der Waals surface area contributed by atoms with Crippen LogP contribution in [-0.4, -0.2) is 21.3 Å². The Morgan fingerprint density at radius 3 is 1.86 bits per heavy atom. The fourth-order valence-electron chi connectivity index (χ4n) is 2.59. The number of rotatable bonds is 5. The van der Waals surface area contributed by atoms with Crippen molar-refractivity contribution in [1.29, 1.82) is 0 Å². The summed E-state index contributed by atoms with van der Waals surface area (Å²) in [5.74, 6) is 0. The van der Waals surface area contributed by atoms with Crippen LogP contribution in [0.15, 0.2) is 66.0 Å². The molecule has 0 spiro atoms. The molecule has 0 N–H and O–H groups in total. The van der Waals surface area contributed by atoms with E-state index < -0.39 is 0 Å². The third-order valence-corrected chi connectivity index (χ3v) is 4.61. The fourth-order valence-corrected chi connectivity index (χ4v) is 3.74. The number of hydrogen-bond donors (Lipinski definition) is 0. The molecule has 0 saturated heterocycles. The predicted octanol–water partition coefficient (Wildman–Crippen LogP) is 4.07. The zero-order valence-corrected chi connectivity index (χ0v) is 13.5. The van der Waals surface area contributed by atoms with Gasteiger partial charge in [-0.25, -0.2) is 0 Å². The molecule has 0 amide bonds. The van der Waals surface area contributed by atoms with Crippen molar-refractivity contribution in [3.8, 4) is 22.3 Å². The van der Waals surface area contributed by atoms with Gasteiger partial charge in [-0.2, -0.15) is 11.3 Å². The molecule has 22 heavy (non-hydrogen) atoms. The molecule has 3 rings (SSSR count). The Morgan fingerprint density at radius 2 is 1.32 bits per heavy atom. The van der Waals surface area contributed by atoms with Gasteiger partial charge in [-0.3, -0.25) is 0 Å². The molecule has 0 aliphatic rings. The van der Waals surface area contributed by atoms with Crippen LogP contribution >= 0.6 is 11.3 Å². The molecule has 0 bridgehead atoms. The van der Waals surface area contributed by atoms with Gasteiger partial charge in [-0.15, -0.1) is 0 Å². The second-order valence-electron chi connectivity index (χ2n) is 4.92. The van der Waals surface area contributed by atoms with Gasteiger partial charge in [0.1, 0.15) is 0 Å². The molecule has 2 aromatic carbocycles. The molecule has 0 atom stereocenters. The second kappa shape index (κ2) is 6.92. The van der Waals surface area contributed by atoms with Crippen molar-refractivity contribution >= 4 is 23.2 Å². The minimum atomic E-state index is -0.349. The van der Waals surface area contributed by atoms with E-state index in [1.165, 1.54) is 22.3 Å². The molecule has 1 heterocycles. The van der Waals surface area contributed by atoms with E-state index >= 15 is 0 Å². The Kier molecular flexibility index (Phi) is 4.73. The molecule has 3 aromatic rings. The topological polar surface area (TPSA) is 18.5 Å². The molecule has 0 aliphatic carbocycles. The largest absolute Gasteiger partial charge is 0.504 e. The number of thiophene rings is 1. The summed E-state index contributed by atoms with van der Waals surface area (Å²) in [6.07, 6.45) is 0. The zero-order valence-electron chi connectivity index (χ0n) is 12.7. The van der Waals surface area contributed by atoms with E-state index in [2.05, 4.69) is 53.9 Å². The summed E-state index contributed by atoms with van der Waals surface area (Å²) in [6.45, 7) is 0. The van der Waals surface area contributed by atoms with Gasteiger partial charge in [0.25, 0.3) is 0 Å². The lowest BCUT2D eigenvalue weighted by Crippen LogP contribution is -2.33. The first-order valence-electron chi connectivity index (χ1n) is 7.13. The Labute approximate surface area is 135 Å². The normalized spacial score (nSPS) is 10.6. The lowest BCUT2D eigenvalue weighted by molar-refractivity contribution is 0.292. The van der Waals surface area contributed by atoms with Crippen molar-refractivity contribution in [2.45, 2.75) is 0 Å². The van der Waals surface area contributed by atoms with Crippen LogP contribution in [0.4, 0.5) is 0 Å². The summed E-state index contributed by atoms with van der Waals surface area (Å²) >= 11 is 1.67. The zero-order chi connectivity index (χ0) is 15.4. The predicted molar refractivity (Wildman–Crippen MR) is 94.6 cm³/mol. The highest BCUT2D eigenvalue weighted by molar-refractivity contribution is 7.22. The fraction of sp³-hybridized carbons (Fsp3) is 0.111. The van der Waals surface area contributed by atoms with Crippen molar-refractivity contribution < 1.29 is 9.31 Å². The third-order valence-electron chi connectivity index (χ3n) is 3.61. The van der Waals surface area contributed by atoms with E-state index in [-0.39, 0.29) is 7.12 Å². The lowest BCUT2D eigenvalue weighted by Gasteiger charge is -2.12. The van der Waals surface area contributed by atoms with Gasteiger partial charge in [0.2, 0.25) is 0 Å². The molecule has 1 aromatic heterocycles. The quantitative estimate of drug-likeness (QED) is 0.662. The number of benzene rings is 2. The third kappa shape index (κ3) is 2.86. The van der Waals surface area contributed by atoms with Gasteiger partial charge in [-0.1, -0.05) is 60.7 Å². The highest BCUT2D eigenvalue weighted by Gasteiger charge is 2.27. The van der Waals surface area contributed by atoms with Crippen molar-refractivity contribution in [1.82, 2.24) is 0 Å². The molecule has 110 valence electrons. The maximum absolute atomic E-state index is 5.49. The minimum absolute atomic E-state index is 0.349. The summed E-state index contributed by atoms with van der Waals surface area (Å²) in [6, 6.07) is 20.8. The molecule has 0 aliphatic heterocycles. The van der Waals surface area contributed by atoms with Crippen LogP contribution in [0.1, 0.15) is 0 Å². The summed E-state index contributed by atoms with van der Waals surface area (Å²) in [7, 11) is 2.99. The van der Waals surface area contributed by atoms with Crippen molar-refractivity contribution in [2.24, 2.45) is 0 Å². The highest BCUT2D eigenvalue weighted by atomic mass is 32.1.